The van der Waals surface area contributed by atoms with Crippen LogP contribution in [-0.4, -0.2) is 81.9 Å². The molecule has 13 atom stereocenters. The number of aliphatic hydroxyl groups excluding tert-OH is 1. The highest BCUT2D eigenvalue weighted by Gasteiger charge is 2.72. The van der Waals surface area contributed by atoms with Crippen molar-refractivity contribution in [1.82, 2.24) is 5.32 Å². The van der Waals surface area contributed by atoms with Crippen LogP contribution in [0.3, 0.4) is 0 Å². The predicted octanol–water partition coefficient (Wildman–Crippen LogP) is 2.08. The monoisotopic (exact) mass is 587 g/mol. The van der Waals surface area contributed by atoms with Crippen LogP contribution in [0.15, 0.2) is 11.6 Å². The maximum absolute atomic E-state index is 12.6. The van der Waals surface area contributed by atoms with Crippen LogP contribution in [0.1, 0.15) is 84.5 Å². The minimum Gasteiger partial charge on any atom is -0.458 e. The van der Waals surface area contributed by atoms with Crippen LogP contribution >= 0.6 is 0 Å². The zero-order valence-electron chi connectivity index (χ0n) is 24.7. The molecular formula is C32H45NO9. The Morgan fingerprint density at radius 3 is 2.55 bits per heavy atom. The van der Waals surface area contributed by atoms with E-state index in [4.69, 9.17) is 18.9 Å². The number of carbonyl (C=O) groups is 2. The molecule has 0 aromatic rings. The van der Waals surface area contributed by atoms with Crippen molar-refractivity contribution in [2.75, 3.05) is 13.2 Å². The van der Waals surface area contributed by atoms with E-state index in [9.17, 15) is 24.9 Å². The van der Waals surface area contributed by atoms with Gasteiger partial charge >= 0.3 is 5.97 Å². The molecule has 10 heteroatoms. The molecule has 1 spiro atoms. The summed E-state index contributed by atoms with van der Waals surface area (Å²) in [4.78, 5) is 24.3. The molecule has 4 aliphatic carbocycles. The number of carbonyl (C=O) groups excluding carboxylic acids is 2. The molecule has 7 fully saturated rings. The number of rotatable bonds is 2. The molecule has 8 rings (SSSR count). The molecule has 0 bridgehead atoms. The fourth-order valence-electron chi connectivity index (χ4n) is 11.8. The van der Waals surface area contributed by atoms with Gasteiger partial charge in [-0.3, -0.25) is 4.79 Å². The van der Waals surface area contributed by atoms with Gasteiger partial charge in [0.15, 0.2) is 0 Å². The minimum absolute atomic E-state index is 0.00754. The van der Waals surface area contributed by atoms with Gasteiger partial charge in [-0.25, -0.2) is 4.79 Å². The number of hydrogen-bond donors (Lipinski definition) is 4. The van der Waals surface area contributed by atoms with Crippen LogP contribution in [0.2, 0.25) is 0 Å². The van der Waals surface area contributed by atoms with Gasteiger partial charge < -0.3 is 39.6 Å². The van der Waals surface area contributed by atoms with E-state index in [1.807, 2.05) is 6.92 Å². The lowest BCUT2D eigenvalue weighted by Crippen LogP contribution is -2.77. The van der Waals surface area contributed by atoms with Crippen molar-refractivity contribution in [3.8, 4) is 0 Å². The van der Waals surface area contributed by atoms with Crippen molar-refractivity contribution < 1.29 is 43.9 Å². The average Bonchev–Trinajstić information content (AvgIpc) is 3.62. The third-order valence-electron chi connectivity index (χ3n) is 13.7. The molecule has 4 N–H and O–H groups in total. The first kappa shape index (κ1) is 28.0. The Balaban J connectivity index is 1.10. The largest absolute Gasteiger partial charge is 0.458 e. The summed E-state index contributed by atoms with van der Waals surface area (Å²) in [5.41, 5.74) is -1.68. The summed E-state index contributed by atoms with van der Waals surface area (Å²) < 4.78 is 24.6. The first-order valence-corrected chi connectivity index (χ1v) is 16.2. The Morgan fingerprint density at radius 2 is 1.83 bits per heavy atom. The van der Waals surface area contributed by atoms with E-state index >= 15 is 0 Å². The number of aliphatic hydroxyl groups is 3. The molecule has 0 radical (unpaired) electrons. The number of fused-ring (bicyclic) bond motifs is 8. The summed E-state index contributed by atoms with van der Waals surface area (Å²) in [5, 5.41) is 39.0. The van der Waals surface area contributed by atoms with E-state index in [0.717, 1.165) is 37.7 Å². The lowest BCUT2D eigenvalue weighted by atomic mass is 9.42. The second-order valence-corrected chi connectivity index (χ2v) is 15.3. The molecule has 10 nitrogen and oxygen atoms in total. The van der Waals surface area contributed by atoms with E-state index in [2.05, 4.69) is 12.2 Å². The first-order valence-electron chi connectivity index (χ1n) is 16.2. The molecular weight excluding hydrogens is 542 g/mol. The minimum atomic E-state index is -1.82. The van der Waals surface area contributed by atoms with Crippen LogP contribution in [0.25, 0.3) is 0 Å². The number of amides is 1. The van der Waals surface area contributed by atoms with Gasteiger partial charge in [-0.15, -0.1) is 0 Å². The summed E-state index contributed by atoms with van der Waals surface area (Å²) in [6.45, 7) is 4.45. The fourth-order valence-corrected chi connectivity index (χ4v) is 11.8. The topological polar surface area (TPSA) is 144 Å². The molecule has 1 amide bonds. The van der Waals surface area contributed by atoms with Crippen molar-refractivity contribution in [2.45, 2.75) is 126 Å². The quantitative estimate of drug-likeness (QED) is 0.282. The third kappa shape index (κ3) is 3.42. The van der Waals surface area contributed by atoms with Crippen LogP contribution in [0.5, 0.6) is 0 Å². The fraction of sp³-hybridized carbons (Fsp3) is 0.875. The highest BCUT2D eigenvalue weighted by atomic mass is 16.8. The number of ether oxygens (including phenoxy) is 4. The smallest absolute Gasteiger partial charge is 0.331 e. The molecule has 232 valence electrons. The first-order chi connectivity index (χ1) is 20.0. The van der Waals surface area contributed by atoms with Crippen molar-refractivity contribution >= 4 is 11.9 Å². The second kappa shape index (κ2) is 9.01. The Hall–Kier alpha value is -1.56. The molecule has 0 aromatic heterocycles. The predicted molar refractivity (Wildman–Crippen MR) is 146 cm³/mol. The Labute approximate surface area is 246 Å². The number of nitrogens with one attached hydrogen (secondary N) is 1. The number of cyclic esters (lactones) is 1. The van der Waals surface area contributed by atoms with Crippen molar-refractivity contribution in [2.24, 2.45) is 34.5 Å². The maximum atomic E-state index is 12.6. The second-order valence-electron chi connectivity index (χ2n) is 15.3. The van der Waals surface area contributed by atoms with Gasteiger partial charge in [0.1, 0.15) is 12.1 Å². The Bertz CT molecular complexity index is 1220. The molecule has 8 aliphatic rings. The van der Waals surface area contributed by atoms with E-state index in [1.54, 1.807) is 6.08 Å². The average molecular weight is 588 g/mol. The zero-order chi connectivity index (χ0) is 29.3. The highest BCUT2D eigenvalue weighted by molar-refractivity contribution is 5.85. The lowest BCUT2D eigenvalue weighted by molar-refractivity contribution is -0.459. The van der Waals surface area contributed by atoms with Gasteiger partial charge in [-0.2, -0.15) is 0 Å². The van der Waals surface area contributed by atoms with Gasteiger partial charge in [0.25, 0.3) is 0 Å². The lowest BCUT2D eigenvalue weighted by Gasteiger charge is -2.66. The van der Waals surface area contributed by atoms with Crippen molar-refractivity contribution in [1.29, 1.82) is 0 Å². The SMILES string of the molecule is C[C@@H]1CC2(CCC(=O)N2)[C@]2(O)O[C@@H]3C[C@@]4(CO)[C@@H](CC[C@@H]5[C@@H]4CC[C@]4(C)[C@@H](C6=CC(=O)OC6)CC[C@]54O)C[C@H]3O[C@@H]2O1. The number of hydrogen-bond acceptors (Lipinski definition) is 9. The van der Waals surface area contributed by atoms with E-state index in [1.165, 1.54) is 0 Å². The van der Waals surface area contributed by atoms with Crippen LogP contribution < -0.4 is 5.32 Å². The van der Waals surface area contributed by atoms with Crippen LogP contribution in [0, 0.1) is 34.5 Å². The molecule has 4 heterocycles. The summed E-state index contributed by atoms with van der Waals surface area (Å²) in [6, 6.07) is 0. The summed E-state index contributed by atoms with van der Waals surface area (Å²) in [7, 11) is 0. The summed E-state index contributed by atoms with van der Waals surface area (Å²) in [5.74, 6) is -1.76. The van der Waals surface area contributed by atoms with Crippen LogP contribution in [0.4, 0.5) is 0 Å². The Kier molecular flexibility index (Phi) is 5.99. The van der Waals surface area contributed by atoms with E-state index in [0.29, 0.717) is 45.1 Å². The normalized spacial score (nSPS) is 56.5. The number of esters is 1. The van der Waals surface area contributed by atoms with E-state index in [-0.39, 0.29) is 59.8 Å². The van der Waals surface area contributed by atoms with Gasteiger partial charge in [-0.1, -0.05) is 6.92 Å². The summed E-state index contributed by atoms with van der Waals surface area (Å²) >= 11 is 0. The van der Waals surface area contributed by atoms with Gasteiger partial charge in [-0.05, 0) is 94.0 Å². The molecule has 42 heavy (non-hydrogen) atoms. The van der Waals surface area contributed by atoms with Gasteiger partial charge in [0.05, 0.1) is 23.9 Å². The van der Waals surface area contributed by atoms with Crippen molar-refractivity contribution in [3.63, 3.8) is 0 Å². The van der Waals surface area contributed by atoms with Crippen LogP contribution in [-0.2, 0) is 28.5 Å². The van der Waals surface area contributed by atoms with Gasteiger partial charge in [0.2, 0.25) is 18.0 Å². The standard InChI is InChI=1S/C32H45NO9/c1-17-13-30(9-7-25(35)33-30)32(38)27(40-17)41-23-12-19-3-4-22-21(29(19,16-34)14-24(23)42-32)5-8-28(2)20(6-10-31(22,28)37)18-11-26(36)39-15-18/h11,17,19-24,27,34,37-38H,3-10,12-16H2,1-2H3,(H,33,35)/t17-,19+,20-,21+,22-,23-,24-,27+,28-,29-,30?,31+,32-/m1/s1. The zero-order valence-corrected chi connectivity index (χ0v) is 24.7. The van der Waals surface area contributed by atoms with Crippen molar-refractivity contribution in [3.05, 3.63) is 11.6 Å². The summed E-state index contributed by atoms with van der Waals surface area (Å²) in [6.07, 6.45) is 7.08. The molecule has 3 saturated heterocycles. The molecule has 1 unspecified atom stereocenters. The van der Waals surface area contributed by atoms with E-state index < -0.39 is 34.7 Å². The third-order valence-corrected chi connectivity index (χ3v) is 13.7. The Morgan fingerprint density at radius 1 is 1.00 bits per heavy atom. The maximum Gasteiger partial charge on any atom is 0.331 e. The molecule has 0 aromatic carbocycles. The molecule has 4 aliphatic heterocycles. The van der Waals surface area contributed by atoms with Gasteiger partial charge in [0, 0.05) is 36.4 Å². The molecule has 4 saturated carbocycles. The highest BCUT2D eigenvalue weighted by Crippen LogP contribution is 2.70.